The van der Waals surface area contributed by atoms with Gasteiger partial charge in [-0.25, -0.2) is 0 Å². The molecule has 4 heteroatoms. The molecular formula is C12H13N3O. The highest BCUT2D eigenvalue weighted by molar-refractivity contribution is 5.87. The lowest BCUT2D eigenvalue weighted by Gasteiger charge is -2.00. The zero-order valence-electron chi connectivity index (χ0n) is 9.08. The minimum atomic E-state index is -0.185. The predicted octanol–water partition coefficient (Wildman–Crippen LogP) is 1.67. The number of aromatic nitrogens is 2. The summed E-state index contributed by atoms with van der Waals surface area (Å²) in [5, 5.41) is 10.8. The Morgan fingerprint density at radius 2 is 2.44 bits per heavy atom. The van der Waals surface area contributed by atoms with Crippen molar-refractivity contribution >= 4 is 16.8 Å². The standard InChI is InChI=1S/C12H13N3O/c1-3-12(16)13-7-11-9-6-8(2)4-5-10(9)14-15-11/h3-6H,1,7H2,2H3,(H,13,16)(H,14,15). The van der Waals surface area contributed by atoms with Crippen molar-refractivity contribution < 1.29 is 4.79 Å². The van der Waals surface area contributed by atoms with E-state index in [1.54, 1.807) is 0 Å². The van der Waals surface area contributed by atoms with Gasteiger partial charge in [-0.15, -0.1) is 0 Å². The average molecular weight is 215 g/mol. The molecule has 0 radical (unpaired) electrons. The third-order valence-electron chi connectivity index (χ3n) is 2.41. The summed E-state index contributed by atoms with van der Waals surface area (Å²) in [6.45, 7) is 5.86. The summed E-state index contributed by atoms with van der Waals surface area (Å²) in [7, 11) is 0. The van der Waals surface area contributed by atoms with Crippen molar-refractivity contribution in [3.05, 3.63) is 42.1 Å². The van der Waals surface area contributed by atoms with Gasteiger partial charge in [0.25, 0.3) is 0 Å². The van der Waals surface area contributed by atoms with Gasteiger partial charge >= 0.3 is 0 Å². The molecule has 4 nitrogen and oxygen atoms in total. The van der Waals surface area contributed by atoms with E-state index in [1.807, 2.05) is 25.1 Å². The number of hydrogen-bond acceptors (Lipinski definition) is 2. The Balaban J connectivity index is 2.27. The molecule has 0 atom stereocenters. The summed E-state index contributed by atoms with van der Waals surface area (Å²) in [6.07, 6.45) is 1.25. The van der Waals surface area contributed by atoms with E-state index in [-0.39, 0.29) is 5.91 Å². The number of rotatable bonds is 3. The molecule has 82 valence electrons. The van der Waals surface area contributed by atoms with E-state index < -0.39 is 0 Å². The quantitative estimate of drug-likeness (QED) is 0.765. The molecule has 1 amide bonds. The van der Waals surface area contributed by atoms with Gasteiger partial charge in [0.2, 0.25) is 5.91 Å². The van der Waals surface area contributed by atoms with Crippen LogP contribution in [0.2, 0.25) is 0 Å². The van der Waals surface area contributed by atoms with E-state index in [4.69, 9.17) is 0 Å². The summed E-state index contributed by atoms with van der Waals surface area (Å²) in [6, 6.07) is 6.02. The normalized spacial score (nSPS) is 10.3. The SMILES string of the molecule is C=CC(=O)NCc1[nH]nc2ccc(C)cc12. The van der Waals surface area contributed by atoms with Crippen LogP contribution < -0.4 is 5.32 Å². The zero-order valence-corrected chi connectivity index (χ0v) is 9.08. The molecular weight excluding hydrogens is 202 g/mol. The van der Waals surface area contributed by atoms with Crippen molar-refractivity contribution in [1.82, 2.24) is 15.5 Å². The van der Waals surface area contributed by atoms with Gasteiger partial charge in [-0.2, -0.15) is 5.10 Å². The van der Waals surface area contributed by atoms with Crippen LogP contribution in [0.15, 0.2) is 30.9 Å². The maximum atomic E-state index is 11.0. The first-order chi connectivity index (χ1) is 7.70. The fourth-order valence-corrected chi connectivity index (χ4v) is 1.56. The van der Waals surface area contributed by atoms with Crippen LogP contribution >= 0.6 is 0 Å². The maximum absolute atomic E-state index is 11.0. The van der Waals surface area contributed by atoms with Crippen molar-refractivity contribution in [1.29, 1.82) is 0 Å². The number of carbonyl (C=O) groups is 1. The van der Waals surface area contributed by atoms with E-state index in [9.17, 15) is 4.79 Å². The summed E-state index contributed by atoms with van der Waals surface area (Å²) < 4.78 is 0. The number of H-pyrrole nitrogens is 1. The van der Waals surface area contributed by atoms with Crippen LogP contribution in [0.25, 0.3) is 10.9 Å². The first-order valence-electron chi connectivity index (χ1n) is 5.04. The third-order valence-corrected chi connectivity index (χ3v) is 2.41. The Hall–Kier alpha value is -2.10. The number of carbonyl (C=O) groups excluding carboxylic acids is 1. The first-order valence-corrected chi connectivity index (χ1v) is 5.04. The van der Waals surface area contributed by atoms with Crippen molar-refractivity contribution in [3.8, 4) is 0 Å². The summed E-state index contributed by atoms with van der Waals surface area (Å²) in [4.78, 5) is 11.0. The van der Waals surface area contributed by atoms with Gasteiger partial charge in [-0.05, 0) is 25.1 Å². The van der Waals surface area contributed by atoms with Crippen LogP contribution in [0.5, 0.6) is 0 Å². The zero-order chi connectivity index (χ0) is 11.5. The molecule has 1 aromatic carbocycles. The molecule has 0 spiro atoms. The fourth-order valence-electron chi connectivity index (χ4n) is 1.56. The van der Waals surface area contributed by atoms with Crippen LogP contribution in [-0.4, -0.2) is 16.1 Å². The lowest BCUT2D eigenvalue weighted by molar-refractivity contribution is -0.116. The summed E-state index contributed by atoms with van der Waals surface area (Å²) in [5.41, 5.74) is 2.99. The largest absolute Gasteiger partial charge is 0.347 e. The average Bonchev–Trinajstić information content (AvgIpc) is 2.68. The molecule has 1 aromatic heterocycles. The second-order valence-electron chi connectivity index (χ2n) is 3.64. The Labute approximate surface area is 93.4 Å². The van der Waals surface area contributed by atoms with Gasteiger partial charge in [0, 0.05) is 5.39 Å². The first kappa shape index (κ1) is 10.4. The number of nitrogens with one attached hydrogen (secondary N) is 2. The van der Waals surface area contributed by atoms with E-state index in [0.717, 1.165) is 16.6 Å². The molecule has 2 aromatic rings. The molecule has 2 rings (SSSR count). The number of amides is 1. The highest BCUT2D eigenvalue weighted by atomic mass is 16.1. The number of nitrogens with zero attached hydrogens (tertiary/aromatic N) is 1. The maximum Gasteiger partial charge on any atom is 0.243 e. The molecule has 0 saturated carbocycles. The molecule has 0 aliphatic rings. The number of aromatic amines is 1. The van der Waals surface area contributed by atoms with Crippen molar-refractivity contribution in [3.63, 3.8) is 0 Å². The number of benzene rings is 1. The second-order valence-corrected chi connectivity index (χ2v) is 3.64. The van der Waals surface area contributed by atoms with Crippen LogP contribution in [0.3, 0.4) is 0 Å². The minimum absolute atomic E-state index is 0.185. The third kappa shape index (κ3) is 1.95. The Kier molecular flexibility index (Phi) is 2.72. The van der Waals surface area contributed by atoms with Gasteiger partial charge in [-0.3, -0.25) is 9.89 Å². The Morgan fingerprint density at radius 3 is 3.19 bits per heavy atom. The van der Waals surface area contributed by atoms with Gasteiger partial charge < -0.3 is 5.32 Å². The number of fused-ring (bicyclic) bond motifs is 1. The van der Waals surface area contributed by atoms with E-state index in [2.05, 4.69) is 22.1 Å². The Morgan fingerprint density at radius 1 is 1.62 bits per heavy atom. The molecule has 0 bridgehead atoms. The lowest BCUT2D eigenvalue weighted by atomic mass is 10.1. The monoisotopic (exact) mass is 215 g/mol. The second kappa shape index (κ2) is 4.18. The highest BCUT2D eigenvalue weighted by Crippen LogP contribution is 2.17. The van der Waals surface area contributed by atoms with E-state index >= 15 is 0 Å². The van der Waals surface area contributed by atoms with Crippen LogP contribution in [0.4, 0.5) is 0 Å². The van der Waals surface area contributed by atoms with Gasteiger partial charge in [0.05, 0.1) is 17.8 Å². The van der Waals surface area contributed by atoms with Crippen molar-refractivity contribution in [2.45, 2.75) is 13.5 Å². The highest BCUT2D eigenvalue weighted by Gasteiger charge is 2.05. The molecule has 0 saturated heterocycles. The topological polar surface area (TPSA) is 57.8 Å². The number of aryl methyl sites for hydroxylation is 1. The minimum Gasteiger partial charge on any atom is -0.347 e. The number of hydrogen-bond donors (Lipinski definition) is 2. The lowest BCUT2D eigenvalue weighted by Crippen LogP contribution is -2.20. The van der Waals surface area contributed by atoms with Gasteiger partial charge in [-0.1, -0.05) is 18.2 Å². The predicted molar refractivity (Wildman–Crippen MR) is 62.9 cm³/mol. The van der Waals surface area contributed by atoms with Crippen molar-refractivity contribution in [2.75, 3.05) is 0 Å². The van der Waals surface area contributed by atoms with Crippen molar-refractivity contribution in [2.24, 2.45) is 0 Å². The van der Waals surface area contributed by atoms with E-state index in [0.29, 0.717) is 6.54 Å². The molecule has 0 aliphatic heterocycles. The molecule has 2 N–H and O–H groups in total. The molecule has 0 aliphatic carbocycles. The molecule has 0 unspecified atom stereocenters. The van der Waals surface area contributed by atoms with Gasteiger partial charge in [0.1, 0.15) is 0 Å². The van der Waals surface area contributed by atoms with Gasteiger partial charge in [0.15, 0.2) is 0 Å². The van der Waals surface area contributed by atoms with E-state index in [1.165, 1.54) is 11.6 Å². The summed E-state index contributed by atoms with van der Waals surface area (Å²) >= 11 is 0. The van der Waals surface area contributed by atoms with Crippen LogP contribution in [0.1, 0.15) is 11.3 Å². The fraction of sp³-hybridized carbons (Fsp3) is 0.167. The van der Waals surface area contributed by atoms with Crippen LogP contribution in [0, 0.1) is 6.92 Å². The molecule has 1 heterocycles. The van der Waals surface area contributed by atoms with Crippen LogP contribution in [-0.2, 0) is 11.3 Å². The molecule has 0 fully saturated rings. The molecule has 16 heavy (non-hydrogen) atoms. The Bertz CT molecular complexity index is 542. The smallest absolute Gasteiger partial charge is 0.243 e. The summed E-state index contributed by atoms with van der Waals surface area (Å²) in [5.74, 6) is -0.185.